The maximum atomic E-state index is 5.95. The summed E-state index contributed by atoms with van der Waals surface area (Å²) in [5.74, 6) is 1.28. The molecule has 0 aromatic heterocycles. The van der Waals surface area contributed by atoms with Crippen molar-refractivity contribution in [2.24, 2.45) is 5.10 Å². The summed E-state index contributed by atoms with van der Waals surface area (Å²) in [6, 6.07) is 12.0. The quantitative estimate of drug-likeness (QED) is 0.388. The van der Waals surface area contributed by atoms with Gasteiger partial charge in [0.05, 0.1) is 17.8 Å². The molecule has 26 heavy (non-hydrogen) atoms. The summed E-state index contributed by atoms with van der Waals surface area (Å²) in [5.41, 5.74) is 5.92. The second-order valence-electron chi connectivity index (χ2n) is 5.54. The largest absolute Gasteiger partial charge is 0.493 e. The third kappa shape index (κ3) is 6.00. The van der Waals surface area contributed by atoms with E-state index < -0.39 is 0 Å². The van der Waals surface area contributed by atoms with Crippen LogP contribution in [0, 0.1) is 6.92 Å². The van der Waals surface area contributed by atoms with Crippen molar-refractivity contribution >= 4 is 39.5 Å². The number of ether oxygens (including phenoxy) is 2. The molecule has 5 nitrogen and oxygen atoms in total. The van der Waals surface area contributed by atoms with Crippen molar-refractivity contribution in [3.63, 3.8) is 0 Å². The Morgan fingerprint density at radius 3 is 2.65 bits per heavy atom. The van der Waals surface area contributed by atoms with Crippen LogP contribution in [0.1, 0.15) is 23.6 Å². The molecule has 7 heteroatoms. The van der Waals surface area contributed by atoms with E-state index in [1.54, 1.807) is 13.3 Å². The molecule has 0 atom stereocenters. The Balaban J connectivity index is 2.09. The molecule has 0 saturated carbocycles. The van der Waals surface area contributed by atoms with E-state index in [9.17, 15) is 0 Å². The number of halogens is 1. The maximum absolute atomic E-state index is 5.95. The van der Waals surface area contributed by atoms with Crippen molar-refractivity contribution in [1.82, 2.24) is 10.7 Å². The molecule has 0 amide bonds. The van der Waals surface area contributed by atoms with Gasteiger partial charge in [0.25, 0.3) is 0 Å². The van der Waals surface area contributed by atoms with Crippen LogP contribution in [0.15, 0.2) is 46.0 Å². The summed E-state index contributed by atoms with van der Waals surface area (Å²) in [4.78, 5) is 0. The van der Waals surface area contributed by atoms with Crippen molar-refractivity contribution in [3.05, 3.63) is 57.6 Å². The number of methoxy groups -OCH3 is 1. The van der Waals surface area contributed by atoms with Crippen LogP contribution in [0.5, 0.6) is 11.5 Å². The zero-order chi connectivity index (χ0) is 18.9. The highest BCUT2D eigenvalue weighted by Crippen LogP contribution is 2.36. The van der Waals surface area contributed by atoms with Crippen LogP contribution in [0.4, 0.5) is 0 Å². The van der Waals surface area contributed by atoms with Crippen molar-refractivity contribution < 1.29 is 9.47 Å². The molecular formula is C19H22BrN3O2S. The molecule has 0 aliphatic rings. The van der Waals surface area contributed by atoms with Crippen LogP contribution >= 0.6 is 28.1 Å². The smallest absolute Gasteiger partial charge is 0.186 e. The van der Waals surface area contributed by atoms with Crippen LogP contribution in [0.2, 0.25) is 0 Å². The summed E-state index contributed by atoms with van der Waals surface area (Å²) in [5, 5.41) is 7.55. The molecule has 0 fully saturated rings. The molecule has 2 aromatic carbocycles. The van der Waals surface area contributed by atoms with Gasteiger partial charge in [0.2, 0.25) is 0 Å². The molecule has 2 N–H and O–H groups in total. The first-order valence-electron chi connectivity index (χ1n) is 8.16. The second-order valence-corrected chi connectivity index (χ2v) is 6.80. The number of nitrogens with one attached hydrogen (secondary N) is 2. The molecule has 0 aliphatic heterocycles. The minimum absolute atomic E-state index is 0.460. The van der Waals surface area contributed by atoms with Crippen molar-refractivity contribution in [1.29, 1.82) is 0 Å². The molecule has 2 aromatic rings. The van der Waals surface area contributed by atoms with Crippen molar-refractivity contribution in [3.8, 4) is 11.5 Å². The molecule has 0 unspecified atom stereocenters. The molecule has 0 bridgehead atoms. The number of aryl methyl sites for hydroxylation is 1. The molecule has 0 heterocycles. The molecule has 0 spiro atoms. The van der Waals surface area contributed by atoms with Gasteiger partial charge in [-0.05, 0) is 65.3 Å². The monoisotopic (exact) mass is 435 g/mol. The van der Waals surface area contributed by atoms with Gasteiger partial charge in [0.15, 0.2) is 16.6 Å². The SMILES string of the molecule is CCNC(=S)NN=Cc1cc(Br)c(OCc2ccc(C)cc2)c(OC)c1. The van der Waals surface area contributed by atoms with E-state index >= 15 is 0 Å². The fourth-order valence-electron chi connectivity index (χ4n) is 2.16. The van der Waals surface area contributed by atoms with E-state index in [1.165, 1.54) is 5.56 Å². The predicted octanol–water partition coefficient (Wildman–Crippen LogP) is 4.16. The lowest BCUT2D eigenvalue weighted by Crippen LogP contribution is -2.31. The third-order valence-corrected chi connectivity index (χ3v) is 4.30. The van der Waals surface area contributed by atoms with Gasteiger partial charge in [-0.3, -0.25) is 5.43 Å². The summed E-state index contributed by atoms with van der Waals surface area (Å²) >= 11 is 8.61. The zero-order valence-electron chi connectivity index (χ0n) is 15.0. The number of hydrazone groups is 1. The number of rotatable bonds is 7. The minimum atomic E-state index is 0.460. The number of hydrogen-bond acceptors (Lipinski definition) is 4. The number of hydrogen-bond donors (Lipinski definition) is 2. The Bertz CT molecular complexity index is 779. The molecule has 0 radical (unpaired) electrons. The van der Waals surface area contributed by atoms with Gasteiger partial charge in [-0.25, -0.2) is 0 Å². The molecule has 0 aliphatic carbocycles. The normalized spacial score (nSPS) is 10.6. The van der Waals surface area contributed by atoms with Crippen molar-refractivity contribution in [2.75, 3.05) is 13.7 Å². The Morgan fingerprint density at radius 1 is 1.27 bits per heavy atom. The van der Waals surface area contributed by atoms with Gasteiger partial charge in [-0.2, -0.15) is 5.10 Å². The lowest BCUT2D eigenvalue weighted by molar-refractivity contribution is 0.282. The second kappa shape index (κ2) is 10.1. The number of benzene rings is 2. The summed E-state index contributed by atoms with van der Waals surface area (Å²) in [6.07, 6.45) is 1.67. The molecule has 2 rings (SSSR count). The first kappa shape index (κ1) is 20.2. The first-order valence-corrected chi connectivity index (χ1v) is 9.36. The maximum Gasteiger partial charge on any atom is 0.186 e. The van der Waals surface area contributed by atoms with Gasteiger partial charge in [0.1, 0.15) is 6.61 Å². The van der Waals surface area contributed by atoms with Crippen LogP contribution in [-0.2, 0) is 6.61 Å². The molecule has 0 saturated heterocycles. The highest BCUT2D eigenvalue weighted by atomic mass is 79.9. The van der Waals surface area contributed by atoms with Crippen LogP contribution in [0.3, 0.4) is 0 Å². The summed E-state index contributed by atoms with van der Waals surface area (Å²) < 4.78 is 12.2. The Kier molecular flexibility index (Phi) is 7.87. The summed E-state index contributed by atoms with van der Waals surface area (Å²) in [6.45, 7) is 5.23. The third-order valence-electron chi connectivity index (χ3n) is 3.47. The van der Waals surface area contributed by atoms with Gasteiger partial charge in [0, 0.05) is 6.54 Å². The van der Waals surface area contributed by atoms with E-state index in [1.807, 2.05) is 19.1 Å². The minimum Gasteiger partial charge on any atom is -0.493 e. The fraction of sp³-hybridized carbons (Fsp3) is 0.263. The van der Waals surface area contributed by atoms with E-state index in [4.69, 9.17) is 21.7 Å². The first-order chi connectivity index (χ1) is 12.5. The average molecular weight is 436 g/mol. The highest BCUT2D eigenvalue weighted by Gasteiger charge is 2.11. The van der Waals surface area contributed by atoms with Gasteiger partial charge >= 0.3 is 0 Å². The Hall–Kier alpha value is -2.12. The fourth-order valence-corrected chi connectivity index (χ4v) is 2.93. The number of thiocarbonyl (C=S) groups is 1. The van der Waals surface area contributed by atoms with Crippen LogP contribution < -0.4 is 20.2 Å². The summed E-state index contributed by atoms with van der Waals surface area (Å²) in [7, 11) is 1.61. The van der Waals surface area contributed by atoms with Gasteiger partial charge in [-0.15, -0.1) is 0 Å². The standard InChI is InChI=1S/C19H22BrN3O2S/c1-4-21-19(26)23-22-11-15-9-16(20)18(17(10-15)24-3)25-12-14-7-5-13(2)6-8-14/h5-11H,4,12H2,1-3H3,(H2,21,23,26). The Morgan fingerprint density at radius 2 is 2.00 bits per heavy atom. The van der Waals surface area contributed by atoms with Gasteiger partial charge in [-0.1, -0.05) is 29.8 Å². The lowest BCUT2D eigenvalue weighted by Gasteiger charge is -2.13. The van der Waals surface area contributed by atoms with E-state index in [0.717, 1.165) is 22.1 Å². The lowest BCUT2D eigenvalue weighted by atomic mass is 10.2. The highest BCUT2D eigenvalue weighted by molar-refractivity contribution is 9.10. The predicted molar refractivity (Wildman–Crippen MR) is 113 cm³/mol. The number of nitrogens with zero attached hydrogens (tertiary/aromatic N) is 1. The molecule has 138 valence electrons. The van der Waals surface area contributed by atoms with Crippen molar-refractivity contribution in [2.45, 2.75) is 20.5 Å². The van der Waals surface area contributed by atoms with Crippen LogP contribution in [0.25, 0.3) is 0 Å². The van der Waals surface area contributed by atoms with E-state index in [0.29, 0.717) is 23.2 Å². The van der Waals surface area contributed by atoms with Crippen LogP contribution in [-0.4, -0.2) is 25.0 Å². The molecular weight excluding hydrogens is 414 g/mol. The average Bonchev–Trinajstić information content (AvgIpc) is 2.62. The van der Waals surface area contributed by atoms with Gasteiger partial charge < -0.3 is 14.8 Å². The Labute approximate surface area is 167 Å². The van der Waals surface area contributed by atoms with E-state index in [-0.39, 0.29) is 0 Å². The topological polar surface area (TPSA) is 54.9 Å². The van der Waals surface area contributed by atoms with E-state index in [2.05, 4.69) is 63.0 Å². The zero-order valence-corrected chi connectivity index (χ0v) is 17.4.